The molecule has 32 heavy (non-hydrogen) atoms. The second kappa shape index (κ2) is 7.56. The van der Waals surface area contributed by atoms with Crippen molar-refractivity contribution in [1.29, 1.82) is 5.26 Å². The number of ether oxygens (including phenoxy) is 1. The Morgan fingerprint density at radius 2 is 2.00 bits per heavy atom. The molecule has 3 aromatic rings. The molecule has 0 spiro atoms. The standard InChI is InChI=1S/C19H14F4N8O/c1-18(4-13(19(21,22)23)32-17(25)31-18)11-3-10(7-27-15(11)20)30-16-14-12(28-8-29-16)2-9(5-24)6-26-14/h2-3,6-8,13H,4H2,1H3,(H2,25,31)(H,28,29,30). The van der Waals surface area contributed by atoms with Crippen LogP contribution in [0.15, 0.2) is 35.8 Å². The summed E-state index contributed by atoms with van der Waals surface area (Å²) in [5.74, 6) is -0.770. The lowest BCUT2D eigenvalue weighted by atomic mass is 9.86. The number of halogens is 4. The maximum atomic E-state index is 14.6. The fraction of sp³-hybridized carbons (Fsp3) is 0.263. The van der Waals surface area contributed by atoms with Crippen molar-refractivity contribution in [3.8, 4) is 6.07 Å². The minimum atomic E-state index is -4.71. The predicted octanol–water partition coefficient (Wildman–Crippen LogP) is 3.06. The molecule has 0 aromatic carbocycles. The number of nitrogens with one attached hydrogen (secondary N) is 1. The number of fused-ring (bicyclic) bond motifs is 1. The van der Waals surface area contributed by atoms with E-state index >= 15 is 0 Å². The molecule has 13 heteroatoms. The topological polar surface area (TPSA) is 135 Å². The summed E-state index contributed by atoms with van der Waals surface area (Å²) in [6.07, 6.45) is -3.92. The molecule has 4 heterocycles. The summed E-state index contributed by atoms with van der Waals surface area (Å²) in [5.41, 5.74) is 4.81. The molecule has 3 aromatic heterocycles. The summed E-state index contributed by atoms with van der Waals surface area (Å²) >= 11 is 0. The number of alkyl halides is 3. The van der Waals surface area contributed by atoms with Gasteiger partial charge in [-0.05, 0) is 19.1 Å². The van der Waals surface area contributed by atoms with E-state index in [1.165, 1.54) is 31.6 Å². The number of hydrogen-bond acceptors (Lipinski definition) is 9. The minimum Gasteiger partial charge on any atom is -0.452 e. The number of aliphatic imine (C=N–C) groups is 1. The Kier molecular flexibility index (Phi) is 5.00. The van der Waals surface area contributed by atoms with Crippen molar-refractivity contribution in [2.24, 2.45) is 10.7 Å². The van der Waals surface area contributed by atoms with Gasteiger partial charge in [0.15, 0.2) is 11.9 Å². The van der Waals surface area contributed by atoms with Gasteiger partial charge in [0.05, 0.1) is 28.5 Å². The average Bonchev–Trinajstić information content (AvgIpc) is 2.73. The lowest BCUT2D eigenvalue weighted by molar-refractivity contribution is -0.208. The number of nitrogens with zero attached hydrogens (tertiary/aromatic N) is 6. The Morgan fingerprint density at radius 3 is 2.72 bits per heavy atom. The van der Waals surface area contributed by atoms with Gasteiger partial charge < -0.3 is 15.8 Å². The quantitative estimate of drug-likeness (QED) is 0.463. The van der Waals surface area contributed by atoms with E-state index < -0.39 is 36.2 Å². The van der Waals surface area contributed by atoms with Gasteiger partial charge in [0.2, 0.25) is 5.95 Å². The Hall–Kier alpha value is -4.08. The SMILES string of the molecule is CC1(c2cc(Nc3ncnc4cc(C#N)cnc34)cnc2F)CC(C(F)(F)F)OC(N)=N1. The number of aromatic nitrogens is 4. The van der Waals surface area contributed by atoms with Crippen LogP contribution >= 0.6 is 0 Å². The molecule has 0 radical (unpaired) electrons. The number of rotatable bonds is 3. The van der Waals surface area contributed by atoms with Crippen molar-refractivity contribution >= 4 is 28.6 Å². The van der Waals surface area contributed by atoms with E-state index in [2.05, 4.69) is 35.0 Å². The summed E-state index contributed by atoms with van der Waals surface area (Å²) < 4.78 is 58.9. The molecule has 2 unspecified atom stereocenters. The lowest BCUT2D eigenvalue weighted by Gasteiger charge is -2.35. The summed E-state index contributed by atoms with van der Waals surface area (Å²) in [7, 11) is 0. The van der Waals surface area contributed by atoms with Crippen LogP contribution in [0.1, 0.15) is 24.5 Å². The molecule has 0 amide bonds. The second-order valence-electron chi connectivity index (χ2n) is 7.19. The minimum absolute atomic E-state index is 0.207. The van der Waals surface area contributed by atoms with Crippen molar-refractivity contribution < 1.29 is 22.3 Å². The van der Waals surface area contributed by atoms with Gasteiger partial charge in [-0.1, -0.05) is 0 Å². The molecule has 1 aliphatic heterocycles. The van der Waals surface area contributed by atoms with Crippen LogP contribution in [0.5, 0.6) is 0 Å². The highest BCUT2D eigenvalue weighted by atomic mass is 19.4. The first-order valence-electron chi connectivity index (χ1n) is 9.12. The van der Waals surface area contributed by atoms with Gasteiger partial charge in [-0.15, -0.1) is 0 Å². The van der Waals surface area contributed by atoms with Gasteiger partial charge in [-0.2, -0.15) is 22.8 Å². The average molecular weight is 446 g/mol. The highest BCUT2D eigenvalue weighted by Gasteiger charge is 2.50. The van der Waals surface area contributed by atoms with Crippen LogP contribution in [0.3, 0.4) is 0 Å². The van der Waals surface area contributed by atoms with E-state index in [1.807, 2.05) is 6.07 Å². The predicted molar refractivity (Wildman–Crippen MR) is 104 cm³/mol. The molecule has 4 rings (SSSR count). The van der Waals surface area contributed by atoms with Crippen LogP contribution in [-0.4, -0.2) is 38.2 Å². The normalized spacial score (nSPS) is 20.9. The highest BCUT2D eigenvalue weighted by Crippen LogP contribution is 2.41. The molecule has 0 saturated carbocycles. The highest BCUT2D eigenvalue weighted by molar-refractivity contribution is 5.87. The third-order valence-electron chi connectivity index (χ3n) is 4.85. The van der Waals surface area contributed by atoms with Crippen molar-refractivity contribution in [2.45, 2.75) is 31.2 Å². The van der Waals surface area contributed by atoms with Crippen LogP contribution < -0.4 is 11.1 Å². The van der Waals surface area contributed by atoms with Crippen molar-refractivity contribution in [1.82, 2.24) is 19.9 Å². The smallest absolute Gasteiger partial charge is 0.425 e. The largest absolute Gasteiger partial charge is 0.452 e. The van der Waals surface area contributed by atoms with Crippen LogP contribution in [0.2, 0.25) is 0 Å². The summed E-state index contributed by atoms with van der Waals surface area (Å²) in [5, 5.41) is 11.9. The van der Waals surface area contributed by atoms with Crippen LogP contribution in [0.4, 0.5) is 29.1 Å². The maximum Gasteiger partial charge on any atom is 0.425 e. The molecule has 3 N–H and O–H groups in total. The Labute approximate surface area is 178 Å². The van der Waals surface area contributed by atoms with Crippen molar-refractivity contribution in [3.05, 3.63) is 47.9 Å². The molecule has 0 aliphatic carbocycles. The van der Waals surface area contributed by atoms with Crippen LogP contribution in [0.25, 0.3) is 11.0 Å². The van der Waals surface area contributed by atoms with E-state index in [9.17, 15) is 17.6 Å². The van der Waals surface area contributed by atoms with E-state index in [0.717, 1.165) is 6.20 Å². The summed E-state index contributed by atoms with van der Waals surface area (Å²) in [6.45, 7) is 1.32. The van der Waals surface area contributed by atoms with Gasteiger partial charge in [-0.3, -0.25) is 0 Å². The van der Waals surface area contributed by atoms with Gasteiger partial charge in [0.25, 0.3) is 6.02 Å². The van der Waals surface area contributed by atoms with Crippen molar-refractivity contribution in [2.75, 3.05) is 5.32 Å². The Balaban J connectivity index is 1.72. The van der Waals surface area contributed by atoms with Gasteiger partial charge in [0, 0.05) is 18.2 Å². The molecule has 0 saturated heterocycles. The zero-order valence-corrected chi connectivity index (χ0v) is 16.4. The summed E-state index contributed by atoms with van der Waals surface area (Å²) in [4.78, 5) is 19.9. The first-order valence-corrected chi connectivity index (χ1v) is 9.12. The molecule has 9 nitrogen and oxygen atoms in total. The number of nitrogens with two attached hydrogens (primary N) is 1. The maximum absolute atomic E-state index is 14.6. The molecule has 1 aliphatic rings. The van der Waals surface area contributed by atoms with Gasteiger partial charge in [0.1, 0.15) is 17.9 Å². The van der Waals surface area contributed by atoms with Crippen LogP contribution in [-0.2, 0) is 10.3 Å². The van der Waals surface area contributed by atoms with Gasteiger partial charge in [-0.25, -0.2) is 24.9 Å². The number of anilines is 2. The van der Waals surface area contributed by atoms with Crippen molar-refractivity contribution in [3.63, 3.8) is 0 Å². The van der Waals surface area contributed by atoms with Crippen LogP contribution in [0, 0.1) is 17.3 Å². The first-order chi connectivity index (χ1) is 15.1. The number of pyridine rings is 2. The monoisotopic (exact) mass is 446 g/mol. The zero-order valence-electron chi connectivity index (χ0n) is 16.4. The Morgan fingerprint density at radius 1 is 1.22 bits per heavy atom. The molecule has 0 fully saturated rings. The number of hydrogen-bond donors (Lipinski definition) is 2. The third-order valence-corrected chi connectivity index (χ3v) is 4.85. The first kappa shape index (κ1) is 21.2. The molecular formula is C19H14F4N8O. The molecular weight excluding hydrogens is 432 g/mol. The van der Waals surface area contributed by atoms with E-state index in [4.69, 9.17) is 11.0 Å². The van der Waals surface area contributed by atoms with E-state index in [-0.39, 0.29) is 17.1 Å². The second-order valence-corrected chi connectivity index (χ2v) is 7.19. The summed E-state index contributed by atoms with van der Waals surface area (Å²) in [6, 6.07) is 4.04. The number of nitriles is 1. The fourth-order valence-corrected chi connectivity index (χ4v) is 3.34. The molecule has 2 atom stereocenters. The zero-order chi connectivity index (χ0) is 23.1. The van der Waals surface area contributed by atoms with E-state index in [0.29, 0.717) is 16.6 Å². The third kappa shape index (κ3) is 3.94. The number of amidine groups is 1. The fourth-order valence-electron chi connectivity index (χ4n) is 3.34. The van der Waals surface area contributed by atoms with E-state index in [1.54, 1.807) is 0 Å². The Bertz CT molecular complexity index is 1270. The molecule has 0 bridgehead atoms. The van der Waals surface area contributed by atoms with Gasteiger partial charge >= 0.3 is 6.18 Å². The lowest BCUT2D eigenvalue weighted by Crippen LogP contribution is -2.46. The molecule has 164 valence electrons.